The molecule has 0 radical (unpaired) electrons. The molecule has 9 atom stereocenters. The summed E-state index contributed by atoms with van der Waals surface area (Å²) < 4.78 is 5.48. The van der Waals surface area contributed by atoms with Crippen LogP contribution in [-0.2, 0) is 28.7 Å². The molecule has 0 aromatic heterocycles. The van der Waals surface area contributed by atoms with Crippen LogP contribution in [0, 0.1) is 61.2 Å². The van der Waals surface area contributed by atoms with E-state index in [1.807, 2.05) is 19.9 Å². The van der Waals surface area contributed by atoms with Gasteiger partial charge in [-0.15, -0.1) is 0 Å². The van der Waals surface area contributed by atoms with Crippen LogP contribution >= 0.6 is 0 Å². The quantitative estimate of drug-likeness (QED) is 0.177. The number of ether oxygens (including phenoxy) is 1. The SMILES string of the molecule is Cc1ccc(C(=O)COC(=O)[C@@H](CCCCN2C(=O)[C@@H]3[C@@H]4CC[C@@H](C4)[C@@H]3C2=O)N2C(=O)[C@@H]3[C@@H]4CC[C@@H](C4)[C@@H]3C2=O)cc1C. The summed E-state index contributed by atoms with van der Waals surface area (Å²) in [7, 11) is 0. The number of Topliss-reactive ketones (excluding diaryl/α,β-unsaturated/α-hetero) is 1. The zero-order valence-corrected chi connectivity index (χ0v) is 25.0. The Labute approximate surface area is 251 Å². The van der Waals surface area contributed by atoms with Crippen LogP contribution in [0.25, 0.3) is 0 Å². The fraction of sp³-hybridized carbons (Fsp3) is 0.647. The summed E-state index contributed by atoms with van der Waals surface area (Å²) in [5.74, 6) is -1.88. The van der Waals surface area contributed by atoms with E-state index in [1.165, 1.54) is 4.90 Å². The highest BCUT2D eigenvalue weighted by molar-refractivity contribution is 6.09. The monoisotopic (exact) mass is 588 g/mol. The maximum Gasteiger partial charge on any atom is 0.329 e. The van der Waals surface area contributed by atoms with Gasteiger partial charge in [0.25, 0.3) is 0 Å². The zero-order valence-electron chi connectivity index (χ0n) is 25.0. The minimum Gasteiger partial charge on any atom is -0.456 e. The van der Waals surface area contributed by atoms with Gasteiger partial charge < -0.3 is 4.74 Å². The number of carbonyl (C=O) groups is 6. The Balaban J connectivity index is 1.02. The molecule has 4 bridgehead atoms. The van der Waals surface area contributed by atoms with Crippen molar-refractivity contribution < 1.29 is 33.5 Å². The predicted octanol–water partition coefficient (Wildman–Crippen LogP) is 3.63. The second kappa shape index (κ2) is 10.7. The lowest BCUT2D eigenvalue weighted by atomic mass is 9.81. The van der Waals surface area contributed by atoms with Gasteiger partial charge in [0.1, 0.15) is 6.04 Å². The van der Waals surface area contributed by atoms with Crippen LogP contribution in [0.4, 0.5) is 0 Å². The molecule has 0 N–H and O–H groups in total. The Morgan fingerprint density at radius 3 is 1.84 bits per heavy atom. The van der Waals surface area contributed by atoms with E-state index in [9.17, 15) is 28.8 Å². The topological polar surface area (TPSA) is 118 Å². The number of carbonyl (C=O) groups excluding carboxylic acids is 6. The molecular weight excluding hydrogens is 548 g/mol. The Morgan fingerprint density at radius 1 is 0.767 bits per heavy atom. The summed E-state index contributed by atoms with van der Waals surface area (Å²) >= 11 is 0. The molecule has 228 valence electrons. The highest BCUT2D eigenvalue weighted by Crippen LogP contribution is 2.57. The lowest BCUT2D eigenvalue weighted by Crippen LogP contribution is -2.47. The van der Waals surface area contributed by atoms with Crippen molar-refractivity contribution in [3.63, 3.8) is 0 Å². The molecule has 2 heterocycles. The molecular formula is C34H40N2O7. The van der Waals surface area contributed by atoms with Crippen molar-refractivity contribution >= 4 is 35.4 Å². The summed E-state index contributed by atoms with van der Waals surface area (Å²) in [6.45, 7) is 3.65. The van der Waals surface area contributed by atoms with Gasteiger partial charge in [-0.2, -0.15) is 0 Å². The summed E-state index contributed by atoms with van der Waals surface area (Å²) in [6.07, 6.45) is 6.83. The molecule has 2 aliphatic heterocycles. The number of ketones is 1. The molecule has 4 aliphatic carbocycles. The lowest BCUT2D eigenvalue weighted by Gasteiger charge is -2.26. The largest absolute Gasteiger partial charge is 0.456 e. The highest BCUT2D eigenvalue weighted by atomic mass is 16.5. The van der Waals surface area contributed by atoms with E-state index in [2.05, 4.69) is 0 Å². The van der Waals surface area contributed by atoms with Gasteiger partial charge in [0.2, 0.25) is 23.6 Å². The molecule has 9 heteroatoms. The number of esters is 1. The highest BCUT2D eigenvalue weighted by Gasteiger charge is 2.63. The van der Waals surface area contributed by atoms with Gasteiger partial charge in [0.05, 0.1) is 23.7 Å². The first-order valence-corrected chi connectivity index (χ1v) is 16.1. The lowest BCUT2D eigenvalue weighted by molar-refractivity contribution is -0.159. The molecule has 6 aliphatic rings. The number of nitrogens with zero attached hydrogens (tertiary/aromatic N) is 2. The van der Waals surface area contributed by atoms with E-state index < -0.39 is 18.6 Å². The molecule has 7 rings (SSSR count). The van der Waals surface area contributed by atoms with Crippen LogP contribution in [0.2, 0.25) is 0 Å². The van der Waals surface area contributed by atoms with Crippen LogP contribution < -0.4 is 0 Å². The number of aryl methyl sites for hydroxylation is 2. The number of hydrogen-bond acceptors (Lipinski definition) is 7. The summed E-state index contributed by atoms with van der Waals surface area (Å²) in [6, 6.07) is 4.17. The second-order valence-corrected chi connectivity index (χ2v) is 14.0. The van der Waals surface area contributed by atoms with E-state index in [0.717, 1.165) is 54.6 Å². The zero-order chi connectivity index (χ0) is 30.2. The first-order chi connectivity index (χ1) is 20.7. The average Bonchev–Trinajstić information content (AvgIpc) is 3.84. The van der Waals surface area contributed by atoms with Crippen molar-refractivity contribution in [1.82, 2.24) is 9.80 Å². The van der Waals surface area contributed by atoms with Gasteiger partial charge >= 0.3 is 5.97 Å². The van der Waals surface area contributed by atoms with Crippen LogP contribution in [0.15, 0.2) is 18.2 Å². The van der Waals surface area contributed by atoms with Gasteiger partial charge in [0, 0.05) is 12.1 Å². The van der Waals surface area contributed by atoms with Gasteiger partial charge in [0.15, 0.2) is 12.4 Å². The Bertz CT molecular complexity index is 1360. The Hall–Kier alpha value is -3.36. The Morgan fingerprint density at radius 2 is 1.30 bits per heavy atom. The van der Waals surface area contributed by atoms with Crippen molar-refractivity contribution in [1.29, 1.82) is 0 Å². The first kappa shape index (κ1) is 28.4. The number of benzene rings is 1. The fourth-order valence-electron chi connectivity index (χ4n) is 9.62. The van der Waals surface area contributed by atoms with E-state index >= 15 is 0 Å². The van der Waals surface area contributed by atoms with Gasteiger partial charge in [-0.3, -0.25) is 33.8 Å². The number of likely N-dealkylation sites (tertiary alicyclic amines) is 2. The predicted molar refractivity (Wildman–Crippen MR) is 153 cm³/mol. The maximum absolute atomic E-state index is 13.6. The molecule has 1 aromatic rings. The minimum absolute atomic E-state index is 0.0591. The van der Waals surface area contributed by atoms with Crippen molar-refractivity contribution in [3.8, 4) is 0 Å². The van der Waals surface area contributed by atoms with Crippen LogP contribution in [0.3, 0.4) is 0 Å². The molecule has 2 saturated heterocycles. The first-order valence-electron chi connectivity index (χ1n) is 16.1. The van der Waals surface area contributed by atoms with E-state index in [4.69, 9.17) is 4.74 Å². The fourth-order valence-corrected chi connectivity index (χ4v) is 9.62. The number of unbranched alkanes of at least 4 members (excludes halogenated alkanes) is 1. The van der Waals surface area contributed by atoms with Crippen LogP contribution in [0.5, 0.6) is 0 Å². The third kappa shape index (κ3) is 4.48. The molecule has 6 fully saturated rings. The number of amides is 4. The summed E-state index contributed by atoms with van der Waals surface area (Å²) in [4.78, 5) is 82.3. The van der Waals surface area contributed by atoms with E-state index in [0.29, 0.717) is 30.2 Å². The number of fused-ring (bicyclic) bond motifs is 10. The third-order valence-electron chi connectivity index (χ3n) is 11.8. The number of imide groups is 2. The van der Waals surface area contributed by atoms with Crippen molar-refractivity contribution in [2.24, 2.45) is 47.3 Å². The van der Waals surface area contributed by atoms with E-state index in [1.54, 1.807) is 12.1 Å². The van der Waals surface area contributed by atoms with E-state index in [-0.39, 0.29) is 77.9 Å². The number of hydrogen-bond donors (Lipinski definition) is 0. The summed E-state index contributed by atoms with van der Waals surface area (Å²) in [5.41, 5.74) is 2.44. The molecule has 43 heavy (non-hydrogen) atoms. The number of rotatable bonds is 10. The molecule has 4 amide bonds. The molecule has 0 unspecified atom stereocenters. The molecule has 4 saturated carbocycles. The van der Waals surface area contributed by atoms with Crippen molar-refractivity contribution in [2.75, 3.05) is 13.2 Å². The second-order valence-electron chi connectivity index (χ2n) is 14.0. The normalized spacial score (nSPS) is 34.4. The molecule has 9 nitrogen and oxygen atoms in total. The minimum atomic E-state index is -1.13. The smallest absolute Gasteiger partial charge is 0.329 e. The third-order valence-corrected chi connectivity index (χ3v) is 11.8. The Kier molecular flexibility index (Phi) is 7.05. The van der Waals surface area contributed by atoms with Gasteiger partial charge in [-0.25, -0.2) is 4.79 Å². The van der Waals surface area contributed by atoms with Crippen molar-refractivity contribution in [3.05, 3.63) is 34.9 Å². The molecule has 0 spiro atoms. The standard InChI is InChI=1S/C34H40N2O7/c1-17-6-7-19(13-18(17)2)25(37)16-43-34(42)24(36-32(40)28-22-10-11-23(15-22)29(28)33(36)41)5-3-4-12-35-30(38)26-20-8-9-21(14-20)27(26)31(35)39/h6-7,13,20-24,26-29H,3-5,8-12,14-16H2,1-2H3/t20-,21+,22-,23+,24-,26-,27+,28-,29+/m1/s1. The van der Waals surface area contributed by atoms with Gasteiger partial charge in [-0.1, -0.05) is 12.1 Å². The van der Waals surface area contributed by atoms with Crippen LogP contribution in [-0.4, -0.2) is 64.4 Å². The summed E-state index contributed by atoms with van der Waals surface area (Å²) in [5, 5.41) is 0. The van der Waals surface area contributed by atoms with Crippen molar-refractivity contribution in [2.45, 2.75) is 77.7 Å². The van der Waals surface area contributed by atoms with Crippen LogP contribution in [0.1, 0.15) is 79.3 Å². The average molecular weight is 589 g/mol. The van der Waals surface area contributed by atoms with Gasteiger partial charge in [-0.05, 0) is 112 Å². The molecule has 1 aromatic carbocycles. The maximum atomic E-state index is 13.6.